The zero-order valence-electron chi connectivity index (χ0n) is 11.0. The molecule has 0 aromatic heterocycles. The summed E-state index contributed by atoms with van der Waals surface area (Å²) in [6, 6.07) is 0. The molecule has 0 spiro atoms. The van der Waals surface area contributed by atoms with E-state index in [0.29, 0.717) is 0 Å². The molecule has 0 radical (unpaired) electrons. The summed E-state index contributed by atoms with van der Waals surface area (Å²) in [7, 11) is 0. The van der Waals surface area contributed by atoms with Crippen LogP contribution in [0.3, 0.4) is 0 Å². The monoisotopic (exact) mass is 312 g/mol. The van der Waals surface area contributed by atoms with Crippen LogP contribution in [0.1, 0.15) is 13.8 Å². The number of aliphatic hydroxyl groups is 2. The first-order valence-electron chi connectivity index (χ1n) is 6.04. The zero-order valence-corrected chi connectivity index (χ0v) is 11.7. The zero-order chi connectivity index (χ0) is 15.1. The maximum Gasteiger partial charge on any atom is 0.367 e. The summed E-state index contributed by atoms with van der Waals surface area (Å²) in [5, 5.41) is 29.2. The van der Waals surface area contributed by atoms with Gasteiger partial charge in [-0.1, -0.05) is 0 Å². The van der Waals surface area contributed by atoms with Crippen molar-refractivity contribution in [1.29, 1.82) is 0 Å². The highest BCUT2D eigenvalue weighted by Crippen LogP contribution is 2.39. The van der Waals surface area contributed by atoms with E-state index >= 15 is 0 Å². The summed E-state index contributed by atoms with van der Waals surface area (Å²) in [4.78, 5) is 11.3. The van der Waals surface area contributed by atoms with Gasteiger partial charge in [0, 0.05) is 0 Å². The molecule has 0 aromatic rings. The van der Waals surface area contributed by atoms with Crippen LogP contribution in [-0.2, 0) is 23.7 Å². The van der Waals surface area contributed by atoms with Crippen LogP contribution in [0.5, 0.6) is 0 Å². The minimum absolute atomic E-state index is 0.00824. The van der Waals surface area contributed by atoms with Crippen molar-refractivity contribution in [2.45, 2.75) is 50.0 Å². The molecule has 0 saturated carbocycles. The Balaban J connectivity index is 2.26. The van der Waals surface area contributed by atoms with Crippen molar-refractivity contribution in [3.63, 3.8) is 0 Å². The van der Waals surface area contributed by atoms with Crippen molar-refractivity contribution in [1.82, 2.24) is 0 Å². The van der Waals surface area contributed by atoms with E-state index < -0.39 is 42.1 Å². The van der Waals surface area contributed by atoms with Gasteiger partial charge >= 0.3 is 5.97 Å². The number of carboxylic acid groups (broad SMARTS) is 1. The van der Waals surface area contributed by atoms with Gasteiger partial charge in [-0.3, -0.25) is 0 Å². The summed E-state index contributed by atoms with van der Waals surface area (Å²) in [5.74, 6) is -5.59. The van der Waals surface area contributed by atoms with Crippen molar-refractivity contribution in [3.8, 4) is 0 Å². The number of aliphatic hydroxyl groups excluding tert-OH is 1. The third kappa shape index (κ3) is 2.77. The molecule has 0 aliphatic carbocycles. The van der Waals surface area contributed by atoms with E-state index in [4.69, 9.17) is 35.7 Å². The van der Waals surface area contributed by atoms with E-state index in [0.717, 1.165) is 0 Å². The Morgan fingerprint density at radius 1 is 1.45 bits per heavy atom. The van der Waals surface area contributed by atoms with Crippen LogP contribution in [0.15, 0.2) is 0 Å². The molecule has 0 aromatic carbocycles. The first-order valence-corrected chi connectivity index (χ1v) is 6.58. The molecule has 2 rings (SSSR count). The van der Waals surface area contributed by atoms with E-state index in [1.807, 2.05) is 0 Å². The van der Waals surface area contributed by atoms with Gasteiger partial charge in [0.25, 0.3) is 5.79 Å². The first-order chi connectivity index (χ1) is 9.19. The predicted molar refractivity (Wildman–Crippen MR) is 64.0 cm³/mol. The molecular formula is C11H17ClO8. The molecule has 3 N–H and O–H groups in total. The van der Waals surface area contributed by atoms with E-state index in [2.05, 4.69) is 0 Å². The fourth-order valence-electron chi connectivity index (χ4n) is 2.26. The minimum Gasteiger partial charge on any atom is -0.477 e. The van der Waals surface area contributed by atoms with Gasteiger partial charge in [-0.25, -0.2) is 4.79 Å². The average molecular weight is 313 g/mol. The lowest BCUT2D eigenvalue weighted by Gasteiger charge is -2.38. The molecule has 9 heteroatoms. The number of alkyl halides is 1. The van der Waals surface area contributed by atoms with Gasteiger partial charge < -0.3 is 34.3 Å². The lowest BCUT2D eigenvalue weighted by atomic mass is 9.99. The Labute approximate surface area is 120 Å². The number of halogens is 1. The molecule has 8 nitrogen and oxygen atoms in total. The molecule has 116 valence electrons. The second-order valence-corrected chi connectivity index (χ2v) is 5.44. The fraction of sp³-hybridized carbons (Fsp3) is 0.909. The molecular weight excluding hydrogens is 296 g/mol. The molecule has 2 aliphatic rings. The first kappa shape index (κ1) is 15.9. The van der Waals surface area contributed by atoms with Gasteiger partial charge in [0.15, 0.2) is 18.2 Å². The molecule has 2 aliphatic heterocycles. The SMILES string of the molecule is CC1(C)O[C@@H]([C@@H]2OC(CCl)OC[C@@H]2O)[C@@](O)(C(=O)O)O1. The number of carboxylic acids is 1. The highest BCUT2D eigenvalue weighted by Gasteiger charge is 2.63. The number of hydrogen-bond donors (Lipinski definition) is 3. The largest absolute Gasteiger partial charge is 0.477 e. The van der Waals surface area contributed by atoms with Crippen LogP contribution >= 0.6 is 11.6 Å². The van der Waals surface area contributed by atoms with Crippen LogP contribution < -0.4 is 0 Å². The Hall–Kier alpha value is -0.480. The molecule has 2 saturated heterocycles. The van der Waals surface area contributed by atoms with E-state index in [9.17, 15) is 15.0 Å². The summed E-state index contributed by atoms with van der Waals surface area (Å²) in [6.07, 6.45) is -4.56. The van der Waals surface area contributed by atoms with Crippen molar-refractivity contribution < 1.29 is 39.1 Å². The minimum atomic E-state index is -2.62. The maximum atomic E-state index is 11.3. The fourth-order valence-corrected chi connectivity index (χ4v) is 2.42. The lowest BCUT2D eigenvalue weighted by Crippen LogP contribution is -2.60. The molecule has 2 fully saturated rings. The Morgan fingerprint density at radius 3 is 2.65 bits per heavy atom. The highest BCUT2D eigenvalue weighted by molar-refractivity contribution is 6.18. The molecule has 2 heterocycles. The summed E-state index contributed by atoms with van der Waals surface area (Å²) >= 11 is 5.61. The number of aliphatic carboxylic acids is 1. The van der Waals surface area contributed by atoms with Crippen LogP contribution in [0, 0.1) is 0 Å². The topological polar surface area (TPSA) is 115 Å². The second kappa shape index (κ2) is 5.38. The van der Waals surface area contributed by atoms with Crippen molar-refractivity contribution >= 4 is 17.6 Å². The number of hydrogen-bond acceptors (Lipinski definition) is 7. The Kier molecular flexibility index (Phi) is 4.27. The lowest BCUT2D eigenvalue weighted by molar-refractivity contribution is -0.284. The van der Waals surface area contributed by atoms with Crippen molar-refractivity contribution in [3.05, 3.63) is 0 Å². The smallest absolute Gasteiger partial charge is 0.367 e. The van der Waals surface area contributed by atoms with Crippen LogP contribution in [0.2, 0.25) is 0 Å². The van der Waals surface area contributed by atoms with Crippen LogP contribution in [0.4, 0.5) is 0 Å². The molecule has 5 atom stereocenters. The third-order valence-electron chi connectivity index (χ3n) is 3.07. The normalized spacial score (nSPS) is 44.5. The van der Waals surface area contributed by atoms with Crippen molar-refractivity contribution in [2.24, 2.45) is 0 Å². The second-order valence-electron chi connectivity index (χ2n) is 5.13. The standard InChI is InChI=1S/C11H17ClO8/c1-10(2)19-8(11(16,20-10)9(14)15)7-5(13)4-17-6(3-12)18-7/h5-8,13,16H,3-4H2,1-2H3,(H,14,15)/t5-,6?,7+,8-,11-/m0/s1. The van der Waals surface area contributed by atoms with Crippen LogP contribution in [-0.4, -0.2) is 70.0 Å². The summed E-state index contributed by atoms with van der Waals surface area (Å²) < 4.78 is 20.9. The van der Waals surface area contributed by atoms with E-state index in [-0.39, 0.29) is 12.5 Å². The molecule has 20 heavy (non-hydrogen) atoms. The predicted octanol–water partition coefficient (Wildman–Crippen LogP) is -0.748. The van der Waals surface area contributed by atoms with Gasteiger partial charge in [-0.05, 0) is 13.8 Å². The van der Waals surface area contributed by atoms with Gasteiger partial charge in [0.1, 0.15) is 12.2 Å². The van der Waals surface area contributed by atoms with Gasteiger partial charge in [0.2, 0.25) is 0 Å². The van der Waals surface area contributed by atoms with E-state index in [1.165, 1.54) is 13.8 Å². The van der Waals surface area contributed by atoms with Crippen LogP contribution in [0.25, 0.3) is 0 Å². The van der Waals surface area contributed by atoms with Gasteiger partial charge in [0.05, 0.1) is 12.5 Å². The van der Waals surface area contributed by atoms with Gasteiger partial charge in [-0.2, -0.15) is 0 Å². The maximum absolute atomic E-state index is 11.3. The summed E-state index contributed by atoms with van der Waals surface area (Å²) in [6.45, 7) is 2.79. The van der Waals surface area contributed by atoms with Crippen molar-refractivity contribution in [2.75, 3.05) is 12.5 Å². The van der Waals surface area contributed by atoms with Gasteiger partial charge in [-0.15, -0.1) is 11.6 Å². The number of rotatable bonds is 3. The summed E-state index contributed by atoms with van der Waals surface area (Å²) in [5.41, 5.74) is 0. The Morgan fingerprint density at radius 2 is 2.10 bits per heavy atom. The number of carbonyl (C=O) groups is 1. The van der Waals surface area contributed by atoms with E-state index in [1.54, 1.807) is 0 Å². The Bertz CT molecular complexity index is 389. The average Bonchev–Trinajstić information content (AvgIpc) is 2.61. The number of ether oxygens (including phenoxy) is 4. The molecule has 0 bridgehead atoms. The third-order valence-corrected chi connectivity index (χ3v) is 3.32. The molecule has 1 unspecified atom stereocenters. The quantitative estimate of drug-likeness (QED) is 0.583. The molecule has 0 amide bonds. The highest BCUT2D eigenvalue weighted by atomic mass is 35.5.